The average molecular weight is 231 g/mol. The van der Waals surface area contributed by atoms with E-state index >= 15 is 0 Å². The van der Waals surface area contributed by atoms with Gasteiger partial charge in [0.15, 0.2) is 0 Å². The van der Waals surface area contributed by atoms with Crippen molar-refractivity contribution in [2.75, 3.05) is 5.73 Å². The van der Waals surface area contributed by atoms with Crippen molar-refractivity contribution in [1.82, 2.24) is 0 Å². The Morgan fingerprint density at radius 1 is 1.06 bits per heavy atom. The predicted molar refractivity (Wildman–Crippen MR) is 74.8 cm³/mol. The summed E-state index contributed by atoms with van der Waals surface area (Å²) in [7, 11) is 0. The Morgan fingerprint density at radius 3 is 2.18 bits per heavy atom. The highest BCUT2D eigenvalue weighted by atomic mass is 14.5. The van der Waals surface area contributed by atoms with Crippen LogP contribution in [0, 0.1) is 17.8 Å². The van der Waals surface area contributed by atoms with Crippen LogP contribution in [0.2, 0.25) is 0 Å². The lowest BCUT2D eigenvalue weighted by atomic mass is 9.75. The van der Waals surface area contributed by atoms with Crippen molar-refractivity contribution in [2.45, 2.75) is 46.0 Å². The molecule has 0 aromatic heterocycles. The third kappa shape index (κ3) is 3.49. The lowest BCUT2D eigenvalue weighted by Gasteiger charge is -2.30. The molecule has 17 heavy (non-hydrogen) atoms. The van der Waals surface area contributed by atoms with Crippen molar-refractivity contribution in [1.29, 1.82) is 0 Å². The number of hydrogen-bond donors (Lipinski definition) is 1. The van der Waals surface area contributed by atoms with Crippen LogP contribution in [0.25, 0.3) is 0 Å². The van der Waals surface area contributed by atoms with Crippen LogP contribution in [-0.2, 0) is 6.42 Å². The van der Waals surface area contributed by atoms with Gasteiger partial charge in [-0.05, 0) is 67.6 Å². The molecule has 0 bridgehead atoms. The molecule has 1 aliphatic rings. The van der Waals surface area contributed by atoms with Gasteiger partial charge in [-0.15, -0.1) is 0 Å². The fourth-order valence-corrected chi connectivity index (χ4v) is 3.05. The normalized spacial score (nSPS) is 25.1. The molecule has 0 saturated heterocycles. The van der Waals surface area contributed by atoms with Crippen LogP contribution in [0.1, 0.15) is 45.1 Å². The van der Waals surface area contributed by atoms with Gasteiger partial charge in [0.1, 0.15) is 0 Å². The van der Waals surface area contributed by atoms with Crippen LogP contribution >= 0.6 is 0 Å². The van der Waals surface area contributed by atoms with Gasteiger partial charge < -0.3 is 5.73 Å². The second-order valence-corrected chi connectivity index (χ2v) is 5.97. The quantitative estimate of drug-likeness (QED) is 0.772. The Morgan fingerprint density at radius 2 is 1.65 bits per heavy atom. The van der Waals surface area contributed by atoms with Crippen LogP contribution in [0.3, 0.4) is 0 Å². The molecule has 1 saturated carbocycles. The van der Waals surface area contributed by atoms with E-state index in [1.807, 2.05) is 12.1 Å². The first-order valence-electron chi connectivity index (χ1n) is 6.99. The summed E-state index contributed by atoms with van der Waals surface area (Å²) in [6.07, 6.45) is 6.92. The van der Waals surface area contributed by atoms with E-state index in [9.17, 15) is 0 Å². The van der Waals surface area contributed by atoms with E-state index in [1.165, 1.54) is 37.7 Å². The average Bonchev–Trinajstić information content (AvgIpc) is 2.33. The molecule has 0 atom stereocenters. The van der Waals surface area contributed by atoms with Crippen molar-refractivity contribution in [3.8, 4) is 0 Å². The number of nitrogens with two attached hydrogens (primary N) is 1. The molecule has 0 heterocycles. The molecule has 0 unspecified atom stereocenters. The molecule has 2 rings (SSSR count). The molecule has 0 spiro atoms. The van der Waals surface area contributed by atoms with Crippen LogP contribution in [0.5, 0.6) is 0 Å². The van der Waals surface area contributed by atoms with Crippen molar-refractivity contribution in [2.24, 2.45) is 17.8 Å². The summed E-state index contributed by atoms with van der Waals surface area (Å²) in [5.74, 6) is 2.73. The van der Waals surface area contributed by atoms with Gasteiger partial charge in [-0.3, -0.25) is 0 Å². The Kier molecular flexibility index (Phi) is 4.09. The topological polar surface area (TPSA) is 26.0 Å². The fourth-order valence-electron chi connectivity index (χ4n) is 3.05. The monoisotopic (exact) mass is 231 g/mol. The number of hydrogen-bond acceptors (Lipinski definition) is 1. The maximum absolute atomic E-state index is 5.71. The van der Waals surface area contributed by atoms with Crippen molar-refractivity contribution in [3.05, 3.63) is 29.8 Å². The number of rotatable bonds is 3. The summed E-state index contributed by atoms with van der Waals surface area (Å²) in [5, 5.41) is 0. The molecular weight excluding hydrogens is 206 g/mol. The summed E-state index contributed by atoms with van der Waals surface area (Å²) < 4.78 is 0. The number of benzene rings is 1. The molecule has 1 fully saturated rings. The third-order valence-corrected chi connectivity index (χ3v) is 4.34. The Bertz CT molecular complexity index is 331. The highest BCUT2D eigenvalue weighted by Crippen LogP contribution is 2.34. The summed E-state index contributed by atoms with van der Waals surface area (Å²) in [5.41, 5.74) is 8.03. The van der Waals surface area contributed by atoms with Crippen molar-refractivity contribution >= 4 is 5.69 Å². The maximum atomic E-state index is 5.71. The summed E-state index contributed by atoms with van der Waals surface area (Å²) >= 11 is 0. The first-order valence-corrected chi connectivity index (χ1v) is 6.99. The van der Waals surface area contributed by atoms with E-state index in [-0.39, 0.29) is 0 Å². The Hall–Kier alpha value is -0.980. The second-order valence-electron chi connectivity index (χ2n) is 5.97. The molecular formula is C16H25N. The first-order chi connectivity index (χ1) is 8.15. The first kappa shape index (κ1) is 12.5. The third-order valence-electron chi connectivity index (χ3n) is 4.34. The molecule has 1 heteroatoms. The molecule has 1 aromatic rings. The fraction of sp³-hybridized carbons (Fsp3) is 0.625. The highest BCUT2D eigenvalue weighted by molar-refractivity contribution is 5.39. The molecule has 94 valence electrons. The zero-order chi connectivity index (χ0) is 12.3. The van der Waals surface area contributed by atoms with E-state index in [2.05, 4.69) is 26.0 Å². The van der Waals surface area contributed by atoms with E-state index in [4.69, 9.17) is 5.73 Å². The molecule has 1 aromatic carbocycles. The minimum absolute atomic E-state index is 0.868. The Balaban J connectivity index is 1.84. The molecule has 0 aliphatic heterocycles. The second kappa shape index (κ2) is 5.57. The van der Waals surface area contributed by atoms with Crippen molar-refractivity contribution < 1.29 is 0 Å². The number of nitrogen functional groups attached to an aromatic ring is 1. The van der Waals surface area contributed by atoms with Crippen LogP contribution in [-0.4, -0.2) is 0 Å². The summed E-state index contributed by atoms with van der Waals surface area (Å²) in [6.45, 7) is 4.73. The standard InChI is InChI=1S/C16H25N/c1-12(2)15-7-3-13(4-8-15)11-14-5-9-16(17)10-6-14/h5-6,9-10,12-13,15H,3-4,7-8,11,17H2,1-2H3. The lowest BCUT2D eigenvalue weighted by molar-refractivity contribution is 0.223. The lowest BCUT2D eigenvalue weighted by Crippen LogP contribution is -2.19. The van der Waals surface area contributed by atoms with Crippen LogP contribution < -0.4 is 5.73 Å². The van der Waals surface area contributed by atoms with Gasteiger partial charge in [0.2, 0.25) is 0 Å². The molecule has 1 aliphatic carbocycles. The van der Waals surface area contributed by atoms with Gasteiger partial charge in [0, 0.05) is 5.69 Å². The zero-order valence-corrected chi connectivity index (χ0v) is 11.2. The van der Waals surface area contributed by atoms with Gasteiger partial charge in [-0.2, -0.15) is 0 Å². The largest absolute Gasteiger partial charge is 0.399 e. The predicted octanol–water partition coefficient (Wildman–Crippen LogP) is 4.27. The Labute approximate surface area is 105 Å². The van der Waals surface area contributed by atoms with Gasteiger partial charge >= 0.3 is 0 Å². The molecule has 2 N–H and O–H groups in total. The van der Waals surface area contributed by atoms with Crippen LogP contribution in [0.4, 0.5) is 5.69 Å². The minimum Gasteiger partial charge on any atom is -0.399 e. The maximum Gasteiger partial charge on any atom is 0.0314 e. The molecule has 0 radical (unpaired) electrons. The van der Waals surface area contributed by atoms with E-state index in [0.717, 1.165) is 23.4 Å². The smallest absolute Gasteiger partial charge is 0.0314 e. The van der Waals surface area contributed by atoms with Gasteiger partial charge in [0.25, 0.3) is 0 Å². The number of anilines is 1. The van der Waals surface area contributed by atoms with Crippen molar-refractivity contribution in [3.63, 3.8) is 0 Å². The highest BCUT2D eigenvalue weighted by Gasteiger charge is 2.23. The van der Waals surface area contributed by atoms with E-state index in [0.29, 0.717) is 0 Å². The minimum atomic E-state index is 0.868. The summed E-state index contributed by atoms with van der Waals surface area (Å²) in [6, 6.07) is 8.41. The van der Waals surface area contributed by atoms with Crippen LogP contribution in [0.15, 0.2) is 24.3 Å². The van der Waals surface area contributed by atoms with E-state index in [1.54, 1.807) is 0 Å². The van der Waals surface area contributed by atoms with E-state index < -0.39 is 0 Å². The zero-order valence-electron chi connectivity index (χ0n) is 11.2. The molecule has 1 nitrogen and oxygen atoms in total. The van der Waals surface area contributed by atoms with Gasteiger partial charge in [-0.25, -0.2) is 0 Å². The molecule has 0 amide bonds. The SMILES string of the molecule is CC(C)C1CCC(Cc2ccc(N)cc2)CC1. The van der Waals surface area contributed by atoms with Gasteiger partial charge in [0.05, 0.1) is 0 Å². The summed E-state index contributed by atoms with van der Waals surface area (Å²) in [4.78, 5) is 0. The van der Waals surface area contributed by atoms with Gasteiger partial charge in [-0.1, -0.05) is 26.0 Å².